The highest BCUT2D eigenvalue weighted by molar-refractivity contribution is 6.35. The first-order valence-electron chi connectivity index (χ1n) is 5.74. The molecule has 0 atom stereocenters. The van der Waals surface area contributed by atoms with Crippen LogP contribution in [0.4, 0.5) is 0 Å². The first-order chi connectivity index (χ1) is 9.10. The summed E-state index contributed by atoms with van der Waals surface area (Å²) in [6.07, 6.45) is 1.77. The minimum absolute atomic E-state index is 0.535. The van der Waals surface area contributed by atoms with Crippen LogP contribution in [0.15, 0.2) is 42.5 Å². The molecule has 0 amide bonds. The lowest BCUT2D eigenvalue weighted by Gasteiger charge is -2.03. The standard InChI is InChI=1S/C16H11Cl2N/c1-11-2-4-12(5-3-11)14(10-19)8-13-6-7-15(17)9-16(13)18/h2-9H,1H3/b14-8+. The molecule has 0 radical (unpaired) electrons. The summed E-state index contributed by atoms with van der Waals surface area (Å²) in [4.78, 5) is 0. The van der Waals surface area contributed by atoms with Crippen LogP contribution in [0.5, 0.6) is 0 Å². The molecular formula is C16H11Cl2N. The monoisotopic (exact) mass is 287 g/mol. The Morgan fingerprint density at radius 1 is 1.11 bits per heavy atom. The van der Waals surface area contributed by atoms with Crippen molar-refractivity contribution in [2.24, 2.45) is 0 Å². The molecule has 2 rings (SSSR count). The average Bonchev–Trinajstić information content (AvgIpc) is 2.39. The van der Waals surface area contributed by atoms with Gasteiger partial charge in [0.1, 0.15) is 0 Å². The molecule has 0 fully saturated rings. The van der Waals surface area contributed by atoms with Crippen LogP contribution in [0.3, 0.4) is 0 Å². The molecule has 0 aliphatic heterocycles. The third-order valence-corrected chi connectivity index (χ3v) is 3.31. The smallest absolute Gasteiger partial charge is 0.0998 e. The number of allylic oxidation sites excluding steroid dienone is 1. The zero-order chi connectivity index (χ0) is 13.8. The van der Waals surface area contributed by atoms with Crippen molar-refractivity contribution in [1.29, 1.82) is 5.26 Å². The van der Waals surface area contributed by atoms with Gasteiger partial charge in [0, 0.05) is 10.0 Å². The maximum absolute atomic E-state index is 9.27. The zero-order valence-corrected chi connectivity index (χ0v) is 11.8. The highest BCUT2D eigenvalue weighted by Crippen LogP contribution is 2.25. The third-order valence-electron chi connectivity index (χ3n) is 2.75. The van der Waals surface area contributed by atoms with E-state index in [0.717, 1.165) is 16.7 Å². The van der Waals surface area contributed by atoms with Gasteiger partial charge in [0.25, 0.3) is 0 Å². The lowest BCUT2D eigenvalue weighted by atomic mass is 10.0. The third kappa shape index (κ3) is 3.38. The van der Waals surface area contributed by atoms with E-state index in [4.69, 9.17) is 23.2 Å². The van der Waals surface area contributed by atoms with Gasteiger partial charge in [-0.25, -0.2) is 0 Å². The van der Waals surface area contributed by atoms with Crippen molar-refractivity contribution < 1.29 is 0 Å². The molecule has 0 spiro atoms. The molecule has 0 saturated carbocycles. The Labute approximate surface area is 122 Å². The predicted molar refractivity (Wildman–Crippen MR) is 81.1 cm³/mol. The number of nitriles is 1. The first-order valence-corrected chi connectivity index (χ1v) is 6.49. The summed E-state index contributed by atoms with van der Waals surface area (Å²) < 4.78 is 0. The van der Waals surface area contributed by atoms with Crippen molar-refractivity contribution in [2.45, 2.75) is 6.92 Å². The lowest BCUT2D eigenvalue weighted by molar-refractivity contribution is 1.45. The van der Waals surface area contributed by atoms with Gasteiger partial charge in [-0.05, 0) is 36.3 Å². The fourth-order valence-corrected chi connectivity index (χ4v) is 2.15. The summed E-state index contributed by atoms with van der Waals surface area (Å²) >= 11 is 12.0. The van der Waals surface area contributed by atoms with Gasteiger partial charge < -0.3 is 0 Å². The maximum atomic E-state index is 9.27. The molecule has 0 aliphatic rings. The van der Waals surface area contributed by atoms with Gasteiger partial charge in [-0.2, -0.15) is 5.26 Å². The Kier molecular flexibility index (Phi) is 4.27. The van der Waals surface area contributed by atoms with E-state index < -0.39 is 0 Å². The maximum Gasteiger partial charge on any atom is 0.0998 e. The second kappa shape index (κ2) is 5.93. The molecule has 0 unspecified atom stereocenters. The van der Waals surface area contributed by atoms with Crippen LogP contribution < -0.4 is 0 Å². The summed E-state index contributed by atoms with van der Waals surface area (Å²) in [5, 5.41) is 10.4. The fraction of sp³-hybridized carbons (Fsp3) is 0.0625. The molecule has 0 saturated heterocycles. The van der Waals surface area contributed by atoms with Crippen LogP contribution in [0.25, 0.3) is 11.6 Å². The van der Waals surface area contributed by atoms with Crippen molar-refractivity contribution in [1.82, 2.24) is 0 Å². The van der Waals surface area contributed by atoms with Crippen molar-refractivity contribution >= 4 is 34.9 Å². The molecule has 0 aromatic heterocycles. The van der Waals surface area contributed by atoms with Crippen molar-refractivity contribution in [3.63, 3.8) is 0 Å². The summed E-state index contributed by atoms with van der Waals surface area (Å²) in [5.74, 6) is 0. The van der Waals surface area contributed by atoms with Gasteiger partial charge in [-0.1, -0.05) is 59.1 Å². The quantitative estimate of drug-likeness (QED) is 0.538. The molecule has 0 bridgehead atoms. The normalized spacial score (nSPS) is 11.2. The number of hydrogen-bond donors (Lipinski definition) is 0. The molecule has 2 aromatic rings. The van der Waals surface area contributed by atoms with E-state index in [1.807, 2.05) is 31.2 Å². The molecular weight excluding hydrogens is 277 g/mol. The molecule has 3 heteroatoms. The Morgan fingerprint density at radius 3 is 2.37 bits per heavy atom. The largest absolute Gasteiger partial charge is 0.192 e. The van der Waals surface area contributed by atoms with Gasteiger partial charge in [0.05, 0.1) is 11.6 Å². The fourth-order valence-electron chi connectivity index (χ4n) is 1.69. The van der Waals surface area contributed by atoms with Crippen LogP contribution in [0.2, 0.25) is 10.0 Å². The summed E-state index contributed by atoms with van der Waals surface area (Å²) in [5.41, 5.74) is 3.39. The van der Waals surface area contributed by atoms with Crippen molar-refractivity contribution in [3.8, 4) is 6.07 Å². The van der Waals surface area contributed by atoms with Crippen LogP contribution in [-0.2, 0) is 0 Å². The van der Waals surface area contributed by atoms with Gasteiger partial charge in [-0.15, -0.1) is 0 Å². The van der Waals surface area contributed by atoms with Gasteiger partial charge >= 0.3 is 0 Å². The highest BCUT2D eigenvalue weighted by atomic mass is 35.5. The molecule has 19 heavy (non-hydrogen) atoms. The number of benzene rings is 2. The molecule has 1 nitrogen and oxygen atoms in total. The van der Waals surface area contributed by atoms with Crippen LogP contribution in [-0.4, -0.2) is 0 Å². The van der Waals surface area contributed by atoms with E-state index in [-0.39, 0.29) is 0 Å². The summed E-state index contributed by atoms with van der Waals surface area (Å²) in [6, 6.07) is 15.2. The number of nitrogens with zero attached hydrogens (tertiary/aromatic N) is 1. The van der Waals surface area contributed by atoms with Crippen molar-refractivity contribution in [2.75, 3.05) is 0 Å². The average molecular weight is 288 g/mol. The Morgan fingerprint density at radius 2 is 1.79 bits per heavy atom. The second-order valence-electron chi connectivity index (χ2n) is 4.20. The SMILES string of the molecule is Cc1ccc(/C(C#N)=C/c2ccc(Cl)cc2Cl)cc1. The number of aryl methyl sites for hydroxylation is 1. The Hall–Kier alpha value is -1.75. The van der Waals surface area contributed by atoms with E-state index in [9.17, 15) is 5.26 Å². The van der Waals surface area contributed by atoms with E-state index in [0.29, 0.717) is 15.6 Å². The topological polar surface area (TPSA) is 23.8 Å². The van der Waals surface area contributed by atoms with Crippen LogP contribution >= 0.6 is 23.2 Å². The minimum Gasteiger partial charge on any atom is -0.192 e. The molecule has 0 aliphatic carbocycles. The van der Waals surface area contributed by atoms with Gasteiger partial charge in [-0.3, -0.25) is 0 Å². The summed E-state index contributed by atoms with van der Waals surface area (Å²) in [6.45, 7) is 2.01. The predicted octanol–water partition coefficient (Wildman–Crippen LogP) is 5.37. The molecule has 94 valence electrons. The van der Waals surface area contributed by atoms with E-state index in [2.05, 4.69) is 6.07 Å². The molecule has 0 heterocycles. The lowest BCUT2D eigenvalue weighted by Crippen LogP contribution is -1.83. The number of halogens is 2. The number of hydrogen-bond acceptors (Lipinski definition) is 1. The van der Waals surface area contributed by atoms with Gasteiger partial charge in [0.2, 0.25) is 0 Å². The molecule has 2 aromatic carbocycles. The first kappa shape index (κ1) is 13.7. The van der Waals surface area contributed by atoms with E-state index in [1.165, 1.54) is 0 Å². The highest BCUT2D eigenvalue weighted by Gasteiger charge is 2.04. The zero-order valence-electron chi connectivity index (χ0n) is 10.3. The van der Waals surface area contributed by atoms with Crippen molar-refractivity contribution in [3.05, 3.63) is 69.2 Å². The van der Waals surface area contributed by atoms with Crippen LogP contribution in [0.1, 0.15) is 16.7 Å². The second-order valence-corrected chi connectivity index (χ2v) is 5.05. The summed E-state index contributed by atoms with van der Waals surface area (Å²) in [7, 11) is 0. The Bertz CT molecular complexity index is 664. The number of rotatable bonds is 2. The molecule has 0 N–H and O–H groups in total. The minimum atomic E-state index is 0.535. The van der Waals surface area contributed by atoms with Crippen LogP contribution in [0, 0.1) is 18.3 Å². The van der Waals surface area contributed by atoms with E-state index in [1.54, 1.807) is 24.3 Å². The van der Waals surface area contributed by atoms with Gasteiger partial charge in [0.15, 0.2) is 0 Å². The Balaban J connectivity index is 2.44. The van der Waals surface area contributed by atoms with E-state index >= 15 is 0 Å².